The molecule has 0 radical (unpaired) electrons. The van der Waals surface area contributed by atoms with Crippen LogP contribution >= 0.6 is 11.3 Å². The Morgan fingerprint density at radius 2 is 1.83 bits per heavy atom. The first-order valence-corrected chi connectivity index (χ1v) is 14.1. The van der Waals surface area contributed by atoms with E-state index in [1.165, 1.54) is 47.4 Å². The van der Waals surface area contributed by atoms with Gasteiger partial charge in [0.1, 0.15) is 16.5 Å². The largest absolute Gasteiger partial charge is 0.413 e. The second kappa shape index (κ2) is 12.3. The highest BCUT2D eigenvalue weighted by atomic mass is 32.1. The van der Waals surface area contributed by atoms with Gasteiger partial charge in [-0.05, 0) is 51.3 Å². The van der Waals surface area contributed by atoms with Gasteiger partial charge in [-0.3, -0.25) is 9.59 Å². The molecule has 4 rings (SSSR count). The number of pyridine rings is 1. The Kier molecular flexibility index (Phi) is 9.19. The molecule has 1 aromatic carbocycles. The lowest BCUT2D eigenvalue weighted by Crippen LogP contribution is -2.48. The number of benzene rings is 1. The van der Waals surface area contributed by atoms with Crippen LogP contribution in [0.5, 0.6) is 0 Å². The van der Waals surface area contributed by atoms with Crippen molar-refractivity contribution in [3.8, 4) is 0 Å². The summed E-state index contributed by atoms with van der Waals surface area (Å²) >= 11 is 1.46. The van der Waals surface area contributed by atoms with Crippen molar-refractivity contribution in [3.05, 3.63) is 46.6 Å². The molecular formula is C28H34F3N5O4S. The van der Waals surface area contributed by atoms with Gasteiger partial charge in [-0.25, -0.2) is 9.97 Å². The van der Waals surface area contributed by atoms with Gasteiger partial charge in [0.05, 0.1) is 23.0 Å². The molecule has 0 spiro atoms. The number of fused-ring (bicyclic) bond motifs is 1. The fourth-order valence-corrected chi connectivity index (χ4v) is 5.97. The number of methoxy groups -OCH3 is 1. The molecular weight excluding hydrogens is 559 g/mol. The number of likely N-dealkylation sites (tertiary alicyclic amines) is 1. The van der Waals surface area contributed by atoms with Crippen molar-refractivity contribution in [2.75, 3.05) is 32.6 Å². The molecule has 222 valence electrons. The van der Waals surface area contributed by atoms with Crippen LogP contribution in [-0.4, -0.2) is 76.2 Å². The van der Waals surface area contributed by atoms with E-state index in [1.54, 1.807) is 13.3 Å². The standard InChI is InChI=1S/C28H34F3N5O4S/c1-15(37)26(38)36-12-10-19(11-13-36)27(39)35(4)24(28(29,30)31)18-6-8-20(9-7-18)34-21-14-32-25-23(33-17(3)41-25)22(21)16(2)40-5/h6-9,14-16,19,24,34,37H,10-13H2,1-5H3/t15-,16+,24+/m1/s1. The van der Waals surface area contributed by atoms with E-state index in [9.17, 15) is 27.9 Å². The number of nitrogens with zero attached hydrogens (tertiary/aromatic N) is 4. The molecule has 41 heavy (non-hydrogen) atoms. The third-order valence-corrected chi connectivity index (χ3v) is 8.27. The molecule has 0 aliphatic carbocycles. The fourth-order valence-electron chi connectivity index (χ4n) is 5.19. The Morgan fingerprint density at radius 3 is 2.39 bits per heavy atom. The van der Waals surface area contributed by atoms with E-state index in [1.807, 2.05) is 13.8 Å². The first kappa shape index (κ1) is 30.7. The average molecular weight is 594 g/mol. The monoisotopic (exact) mass is 593 g/mol. The van der Waals surface area contributed by atoms with E-state index in [2.05, 4.69) is 15.3 Å². The summed E-state index contributed by atoms with van der Waals surface area (Å²) in [7, 11) is 2.75. The topological polar surface area (TPSA) is 108 Å². The van der Waals surface area contributed by atoms with Crippen LogP contribution in [0.15, 0.2) is 30.5 Å². The summed E-state index contributed by atoms with van der Waals surface area (Å²) in [4.78, 5) is 37.2. The zero-order chi connectivity index (χ0) is 30.1. The van der Waals surface area contributed by atoms with Gasteiger partial charge in [0.2, 0.25) is 5.91 Å². The molecule has 2 amide bonds. The molecule has 13 heteroatoms. The number of rotatable bonds is 8. The van der Waals surface area contributed by atoms with Crippen molar-refractivity contribution >= 4 is 44.9 Å². The minimum atomic E-state index is -4.71. The van der Waals surface area contributed by atoms with Crippen LogP contribution in [0, 0.1) is 12.8 Å². The van der Waals surface area contributed by atoms with E-state index >= 15 is 0 Å². The van der Waals surface area contributed by atoms with Crippen molar-refractivity contribution < 1.29 is 32.6 Å². The molecule has 0 bridgehead atoms. The predicted octanol–water partition coefficient (Wildman–Crippen LogP) is 5.13. The van der Waals surface area contributed by atoms with Gasteiger partial charge in [0, 0.05) is 44.4 Å². The number of anilines is 2. The quantitative estimate of drug-likeness (QED) is 0.373. The number of halogens is 3. The van der Waals surface area contributed by atoms with Crippen molar-refractivity contribution in [2.45, 2.75) is 58.0 Å². The minimum Gasteiger partial charge on any atom is -0.384 e. The Hall–Kier alpha value is -3.29. The second-order valence-electron chi connectivity index (χ2n) is 10.3. The number of aliphatic hydroxyl groups is 1. The summed E-state index contributed by atoms with van der Waals surface area (Å²) < 4.78 is 48.5. The van der Waals surface area contributed by atoms with E-state index in [0.717, 1.165) is 27.3 Å². The first-order valence-electron chi connectivity index (χ1n) is 13.3. The third kappa shape index (κ3) is 6.62. The molecule has 1 saturated heterocycles. The van der Waals surface area contributed by atoms with Crippen LogP contribution in [0.25, 0.3) is 10.3 Å². The number of thiazole rings is 1. The number of carbonyl (C=O) groups excluding carboxylic acids is 2. The maximum absolute atomic E-state index is 14.3. The number of aromatic nitrogens is 2. The summed E-state index contributed by atoms with van der Waals surface area (Å²) in [6.07, 6.45) is -4.06. The van der Waals surface area contributed by atoms with Gasteiger partial charge in [-0.1, -0.05) is 23.5 Å². The third-order valence-electron chi connectivity index (χ3n) is 7.40. The van der Waals surface area contributed by atoms with Crippen LogP contribution in [0.2, 0.25) is 0 Å². The first-order chi connectivity index (χ1) is 19.3. The highest BCUT2D eigenvalue weighted by Crippen LogP contribution is 2.40. The zero-order valence-electron chi connectivity index (χ0n) is 23.5. The molecule has 0 unspecified atom stereocenters. The van der Waals surface area contributed by atoms with Crippen molar-refractivity contribution in [1.29, 1.82) is 0 Å². The number of nitrogens with one attached hydrogen (secondary N) is 1. The smallest absolute Gasteiger partial charge is 0.384 e. The van der Waals surface area contributed by atoms with E-state index in [0.29, 0.717) is 16.9 Å². The number of amides is 2. The van der Waals surface area contributed by atoms with E-state index < -0.39 is 36.1 Å². The van der Waals surface area contributed by atoms with Crippen molar-refractivity contribution in [1.82, 2.24) is 19.8 Å². The van der Waals surface area contributed by atoms with E-state index in [4.69, 9.17) is 4.74 Å². The molecule has 3 aromatic rings. The molecule has 1 aliphatic rings. The zero-order valence-corrected chi connectivity index (χ0v) is 24.3. The summed E-state index contributed by atoms with van der Waals surface area (Å²) in [5.41, 5.74) is 2.60. The number of alkyl halides is 3. The molecule has 9 nitrogen and oxygen atoms in total. The number of hydrogen-bond acceptors (Lipinski definition) is 8. The summed E-state index contributed by atoms with van der Waals surface area (Å²) in [6, 6.07) is 3.63. The van der Waals surface area contributed by atoms with Gasteiger partial charge in [-0.15, -0.1) is 0 Å². The second-order valence-corrected chi connectivity index (χ2v) is 11.4. The predicted molar refractivity (Wildman–Crippen MR) is 150 cm³/mol. The Balaban J connectivity index is 1.53. The maximum Gasteiger partial charge on any atom is 0.413 e. The van der Waals surface area contributed by atoms with Crippen molar-refractivity contribution in [3.63, 3.8) is 0 Å². The van der Waals surface area contributed by atoms with Gasteiger partial charge in [0.25, 0.3) is 5.91 Å². The highest BCUT2D eigenvalue weighted by Gasteiger charge is 2.46. The fraction of sp³-hybridized carbons (Fsp3) is 0.500. The lowest BCUT2D eigenvalue weighted by Gasteiger charge is -2.36. The molecule has 1 fully saturated rings. The maximum atomic E-state index is 14.3. The molecule has 2 N–H and O–H groups in total. The highest BCUT2D eigenvalue weighted by molar-refractivity contribution is 7.18. The number of aryl methyl sites for hydroxylation is 1. The number of ether oxygens (including phenoxy) is 1. The van der Waals surface area contributed by atoms with Gasteiger partial charge >= 0.3 is 6.18 Å². The van der Waals surface area contributed by atoms with Gasteiger partial charge < -0.3 is 25.0 Å². The average Bonchev–Trinajstić information content (AvgIpc) is 3.32. The van der Waals surface area contributed by atoms with Gasteiger partial charge in [0.15, 0.2) is 6.04 Å². The summed E-state index contributed by atoms with van der Waals surface area (Å²) in [6.45, 7) is 5.54. The van der Waals surface area contributed by atoms with E-state index in [-0.39, 0.29) is 37.6 Å². The Morgan fingerprint density at radius 1 is 1.20 bits per heavy atom. The number of piperidine rings is 1. The van der Waals surface area contributed by atoms with Crippen LogP contribution in [0.1, 0.15) is 55.0 Å². The van der Waals surface area contributed by atoms with Crippen LogP contribution in [-0.2, 0) is 14.3 Å². The lowest BCUT2D eigenvalue weighted by atomic mass is 9.93. The minimum absolute atomic E-state index is 0.0743. The van der Waals surface area contributed by atoms with Crippen LogP contribution in [0.4, 0.5) is 24.5 Å². The molecule has 1 aliphatic heterocycles. The summed E-state index contributed by atoms with van der Waals surface area (Å²) in [5.74, 6) is -1.73. The normalized spacial score (nSPS) is 16.9. The SMILES string of the molecule is CO[C@@H](C)c1c(Nc2ccc([C@H](N(C)C(=O)C3CCN(C(=O)[C@@H](C)O)CC3)C(F)(F)F)cc2)cnc2sc(C)nc12. The summed E-state index contributed by atoms with van der Waals surface area (Å²) in [5, 5.41) is 13.6. The Bertz CT molecular complexity index is 1390. The van der Waals surface area contributed by atoms with Crippen LogP contribution in [0.3, 0.4) is 0 Å². The Labute approximate surface area is 240 Å². The van der Waals surface area contributed by atoms with Gasteiger partial charge in [-0.2, -0.15) is 13.2 Å². The number of hydrogen-bond donors (Lipinski definition) is 2. The lowest BCUT2D eigenvalue weighted by molar-refractivity contribution is -0.191. The molecule has 2 aromatic heterocycles. The molecule has 0 saturated carbocycles. The molecule has 3 atom stereocenters. The number of carbonyl (C=O) groups is 2. The number of aliphatic hydroxyl groups excluding tert-OH is 1. The van der Waals surface area contributed by atoms with Crippen LogP contribution < -0.4 is 5.32 Å². The van der Waals surface area contributed by atoms with Crippen molar-refractivity contribution in [2.24, 2.45) is 5.92 Å². The molecule has 3 heterocycles.